The summed E-state index contributed by atoms with van der Waals surface area (Å²) in [7, 11) is 0. The Morgan fingerprint density at radius 1 is 1.19 bits per heavy atom. The summed E-state index contributed by atoms with van der Waals surface area (Å²) in [6.45, 7) is 4.03. The van der Waals surface area contributed by atoms with Crippen LogP contribution in [0.25, 0.3) is 0 Å². The minimum Gasteiger partial charge on any atom is -0.462 e. The number of allylic oxidation sites excluding steroid dienone is 1. The molecule has 9 nitrogen and oxygen atoms in total. The van der Waals surface area contributed by atoms with E-state index in [1.807, 2.05) is 18.2 Å². The molecule has 0 aliphatic carbocycles. The van der Waals surface area contributed by atoms with Gasteiger partial charge in [0.05, 0.1) is 24.5 Å². The second-order valence-electron chi connectivity index (χ2n) is 6.75. The quantitative estimate of drug-likeness (QED) is 0.614. The second-order valence-corrected chi connectivity index (χ2v) is 6.75. The van der Waals surface area contributed by atoms with E-state index >= 15 is 0 Å². The zero-order valence-corrected chi connectivity index (χ0v) is 17.1. The van der Waals surface area contributed by atoms with E-state index in [1.165, 1.54) is 0 Å². The van der Waals surface area contributed by atoms with Crippen LogP contribution in [0.5, 0.6) is 0 Å². The van der Waals surface area contributed by atoms with Gasteiger partial charge in [0.2, 0.25) is 0 Å². The van der Waals surface area contributed by atoms with Gasteiger partial charge in [-0.15, -0.1) is 0 Å². The van der Waals surface area contributed by atoms with Crippen LogP contribution in [0.15, 0.2) is 75.5 Å². The first-order chi connectivity index (χ1) is 15.0. The monoisotopic (exact) mass is 419 g/mol. The molecule has 0 saturated heterocycles. The number of furan rings is 1. The zero-order valence-electron chi connectivity index (χ0n) is 17.1. The van der Waals surface area contributed by atoms with Crippen LogP contribution in [0, 0.1) is 0 Å². The summed E-state index contributed by atoms with van der Waals surface area (Å²) in [5, 5.41) is 9.99. The molecule has 0 unspecified atom stereocenters. The number of esters is 1. The lowest BCUT2D eigenvalue weighted by atomic mass is 10.2. The fourth-order valence-corrected chi connectivity index (χ4v) is 3.15. The van der Waals surface area contributed by atoms with Crippen molar-refractivity contribution < 1.29 is 18.7 Å². The molecule has 2 N–H and O–H groups in total. The Bertz CT molecular complexity index is 1170. The van der Waals surface area contributed by atoms with Crippen molar-refractivity contribution in [2.45, 2.75) is 20.4 Å². The van der Waals surface area contributed by atoms with E-state index in [0.29, 0.717) is 29.4 Å². The number of aromatic nitrogens is 2. The number of carbonyl (C=O) groups excluding carboxylic acids is 2. The fraction of sp³-hybridized carbons (Fsp3) is 0.182. The Labute approximate surface area is 178 Å². The van der Waals surface area contributed by atoms with Crippen LogP contribution in [0.3, 0.4) is 0 Å². The molecule has 4 rings (SSSR count). The third-order valence-electron chi connectivity index (χ3n) is 4.54. The molecule has 0 radical (unpaired) electrons. The maximum absolute atomic E-state index is 12.9. The molecular weight excluding hydrogens is 398 g/mol. The van der Waals surface area contributed by atoms with Crippen molar-refractivity contribution in [2.75, 3.05) is 11.9 Å². The average molecular weight is 419 g/mol. The van der Waals surface area contributed by atoms with E-state index < -0.39 is 11.9 Å². The summed E-state index contributed by atoms with van der Waals surface area (Å²) in [5.74, 6) is -0.363. The van der Waals surface area contributed by atoms with Crippen LogP contribution >= 0.6 is 0 Å². The van der Waals surface area contributed by atoms with E-state index in [2.05, 4.69) is 20.7 Å². The molecule has 9 heteroatoms. The number of fused-ring (bicyclic) bond motifs is 1. The summed E-state index contributed by atoms with van der Waals surface area (Å²) in [6.07, 6.45) is 3.46. The van der Waals surface area contributed by atoms with Crippen molar-refractivity contribution in [1.29, 1.82) is 0 Å². The maximum atomic E-state index is 12.9. The highest BCUT2D eigenvalue weighted by Crippen LogP contribution is 2.30. The highest BCUT2D eigenvalue weighted by Gasteiger charge is 2.27. The standard InChI is InChI=1S/C22H21N5O4/c1-3-30-22(29)19-14(2)24-16-7-4-5-8-17(16)25-20(19)26-21(28)18-10-9-15(31-18)13-27-12-6-11-23-27/h4-12,24H,3,13H2,1-2H3,(H,25,26,28). The van der Waals surface area contributed by atoms with Gasteiger partial charge < -0.3 is 19.8 Å². The van der Waals surface area contributed by atoms with Crippen molar-refractivity contribution in [3.05, 3.63) is 77.6 Å². The van der Waals surface area contributed by atoms with Gasteiger partial charge in [-0.2, -0.15) is 5.10 Å². The number of para-hydroxylation sites is 2. The van der Waals surface area contributed by atoms with E-state index in [9.17, 15) is 9.59 Å². The second kappa shape index (κ2) is 8.70. The summed E-state index contributed by atoms with van der Waals surface area (Å²) >= 11 is 0. The van der Waals surface area contributed by atoms with Crippen LogP contribution in [-0.2, 0) is 16.1 Å². The molecule has 0 fully saturated rings. The first-order valence-electron chi connectivity index (χ1n) is 9.75. The fourth-order valence-electron chi connectivity index (χ4n) is 3.15. The molecule has 1 amide bonds. The molecule has 1 aromatic carbocycles. The molecule has 3 heterocycles. The Hall–Kier alpha value is -4.14. The lowest BCUT2D eigenvalue weighted by Gasteiger charge is -2.12. The molecule has 1 aliphatic rings. The maximum Gasteiger partial charge on any atom is 0.343 e. The molecular formula is C22H21N5O4. The van der Waals surface area contributed by atoms with Crippen LogP contribution in [0.1, 0.15) is 30.2 Å². The first-order valence-corrected chi connectivity index (χ1v) is 9.75. The number of benzene rings is 1. The summed E-state index contributed by atoms with van der Waals surface area (Å²) in [6, 6.07) is 12.4. The smallest absolute Gasteiger partial charge is 0.343 e. The van der Waals surface area contributed by atoms with Crippen molar-refractivity contribution >= 4 is 29.1 Å². The normalized spacial score (nSPS) is 13.0. The van der Waals surface area contributed by atoms with E-state index in [0.717, 1.165) is 0 Å². The highest BCUT2D eigenvalue weighted by molar-refractivity contribution is 6.25. The van der Waals surface area contributed by atoms with Gasteiger partial charge in [-0.3, -0.25) is 9.48 Å². The number of aliphatic imine (C=N–C) groups is 1. The van der Waals surface area contributed by atoms with Gasteiger partial charge in [0, 0.05) is 18.1 Å². The molecule has 1 aliphatic heterocycles. The number of amides is 1. The number of nitrogens with one attached hydrogen (secondary N) is 2. The topological polar surface area (TPSA) is 111 Å². The molecule has 3 aromatic rings. The molecule has 0 bridgehead atoms. The molecule has 2 aromatic heterocycles. The zero-order chi connectivity index (χ0) is 21.8. The predicted octanol–water partition coefficient (Wildman–Crippen LogP) is 3.25. The summed E-state index contributed by atoms with van der Waals surface area (Å²) in [5.41, 5.74) is 1.96. The summed E-state index contributed by atoms with van der Waals surface area (Å²) in [4.78, 5) is 30.0. The number of rotatable bonds is 5. The first kappa shape index (κ1) is 20.1. The van der Waals surface area contributed by atoms with Crippen molar-refractivity contribution in [1.82, 2.24) is 15.1 Å². The van der Waals surface area contributed by atoms with E-state index in [4.69, 9.17) is 9.15 Å². The minimum absolute atomic E-state index is 0.0865. The average Bonchev–Trinajstić information content (AvgIpc) is 3.40. The molecule has 158 valence electrons. The number of hydrogen-bond donors (Lipinski definition) is 2. The van der Waals surface area contributed by atoms with Crippen molar-refractivity contribution in [3.8, 4) is 0 Å². The van der Waals surface area contributed by atoms with Gasteiger partial charge in [-0.25, -0.2) is 9.79 Å². The van der Waals surface area contributed by atoms with Gasteiger partial charge in [-0.05, 0) is 44.2 Å². The van der Waals surface area contributed by atoms with Crippen LogP contribution in [-0.4, -0.2) is 34.1 Å². The minimum atomic E-state index is -0.585. The molecule has 0 spiro atoms. The van der Waals surface area contributed by atoms with Gasteiger partial charge in [0.1, 0.15) is 17.2 Å². The Morgan fingerprint density at radius 3 is 2.81 bits per heavy atom. The van der Waals surface area contributed by atoms with Gasteiger partial charge in [-0.1, -0.05) is 12.1 Å². The van der Waals surface area contributed by atoms with Gasteiger partial charge in [0.15, 0.2) is 5.76 Å². The van der Waals surface area contributed by atoms with Crippen LogP contribution in [0.2, 0.25) is 0 Å². The van der Waals surface area contributed by atoms with Gasteiger partial charge in [0.25, 0.3) is 5.91 Å². The number of ether oxygens (including phenoxy) is 1. The third-order valence-corrected chi connectivity index (χ3v) is 4.54. The number of nitrogens with zero attached hydrogens (tertiary/aromatic N) is 3. The SMILES string of the molecule is CCOC(=O)C1=C(C)Nc2ccccc2N=C1NC(=O)c1ccc(Cn2cccn2)o1. The largest absolute Gasteiger partial charge is 0.462 e. The van der Waals surface area contributed by atoms with E-state index in [-0.39, 0.29) is 23.8 Å². The lowest BCUT2D eigenvalue weighted by Crippen LogP contribution is -2.35. The van der Waals surface area contributed by atoms with E-state index in [1.54, 1.807) is 55.2 Å². The number of anilines is 1. The predicted molar refractivity (Wildman–Crippen MR) is 114 cm³/mol. The number of carbonyl (C=O) groups is 2. The Kier molecular flexibility index (Phi) is 5.65. The third kappa shape index (κ3) is 4.40. The Balaban J connectivity index is 1.63. The van der Waals surface area contributed by atoms with Crippen LogP contribution < -0.4 is 10.6 Å². The van der Waals surface area contributed by atoms with Crippen molar-refractivity contribution in [2.24, 2.45) is 4.99 Å². The molecule has 0 saturated carbocycles. The Morgan fingerprint density at radius 2 is 2.03 bits per heavy atom. The van der Waals surface area contributed by atoms with Gasteiger partial charge >= 0.3 is 5.97 Å². The lowest BCUT2D eigenvalue weighted by molar-refractivity contribution is -0.137. The molecule has 31 heavy (non-hydrogen) atoms. The van der Waals surface area contributed by atoms with Crippen LogP contribution in [0.4, 0.5) is 11.4 Å². The van der Waals surface area contributed by atoms with Crippen molar-refractivity contribution in [3.63, 3.8) is 0 Å². The number of amidine groups is 1. The summed E-state index contributed by atoms with van der Waals surface area (Å²) < 4.78 is 12.5. The number of hydrogen-bond acceptors (Lipinski definition) is 7. The molecule has 0 atom stereocenters. The highest BCUT2D eigenvalue weighted by atomic mass is 16.5.